The summed E-state index contributed by atoms with van der Waals surface area (Å²) >= 11 is 0. The number of nitrogens with one attached hydrogen (secondary N) is 1. The van der Waals surface area contributed by atoms with Gasteiger partial charge in [0.1, 0.15) is 5.60 Å². The molecule has 1 aromatic heterocycles. The van der Waals surface area contributed by atoms with Gasteiger partial charge in [0, 0.05) is 31.3 Å². The Bertz CT molecular complexity index is 462. The van der Waals surface area contributed by atoms with E-state index in [0.717, 1.165) is 5.69 Å². The molecule has 0 aromatic carbocycles. The fraction of sp³-hybridized carbons (Fsp3) is 0.615. The lowest BCUT2D eigenvalue weighted by molar-refractivity contribution is -0.120. The summed E-state index contributed by atoms with van der Waals surface area (Å²) in [5.74, 6) is 0.0699. The molecule has 1 N–H and O–H groups in total. The van der Waals surface area contributed by atoms with Crippen molar-refractivity contribution < 1.29 is 14.3 Å². The summed E-state index contributed by atoms with van der Waals surface area (Å²) in [5, 5.41) is 0. The lowest BCUT2D eigenvalue weighted by Crippen LogP contribution is -2.42. The van der Waals surface area contributed by atoms with Crippen LogP contribution in [0.2, 0.25) is 0 Å². The van der Waals surface area contributed by atoms with Crippen molar-refractivity contribution in [2.24, 2.45) is 0 Å². The van der Waals surface area contributed by atoms with Crippen LogP contribution in [0.15, 0.2) is 12.5 Å². The second-order valence-corrected chi connectivity index (χ2v) is 5.69. The molecule has 1 saturated heterocycles. The van der Waals surface area contributed by atoms with Gasteiger partial charge in [-0.25, -0.2) is 9.78 Å². The van der Waals surface area contributed by atoms with Crippen LogP contribution < -0.4 is 0 Å². The zero-order valence-electron chi connectivity index (χ0n) is 11.5. The average Bonchev–Trinajstić information content (AvgIpc) is 2.88. The second-order valence-electron chi connectivity index (χ2n) is 5.69. The number of imidazole rings is 1. The highest BCUT2D eigenvalue weighted by Crippen LogP contribution is 2.20. The zero-order valence-corrected chi connectivity index (χ0v) is 11.5. The third-order valence-corrected chi connectivity index (χ3v) is 2.94. The maximum atomic E-state index is 12.1. The van der Waals surface area contributed by atoms with Gasteiger partial charge in [-0.05, 0) is 20.8 Å². The van der Waals surface area contributed by atoms with Gasteiger partial charge in [0.2, 0.25) is 0 Å². The number of ketones is 1. The number of amides is 1. The Labute approximate surface area is 112 Å². The van der Waals surface area contributed by atoms with Crippen molar-refractivity contribution in [3.8, 4) is 0 Å². The first kappa shape index (κ1) is 13.6. The molecule has 0 aliphatic carbocycles. The summed E-state index contributed by atoms with van der Waals surface area (Å²) in [6, 6.07) is -0.449. The van der Waals surface area contributed by atoms with Gasteiger partial charge in [0.05, 0.1) is 12.4 Å². The van der Waals surface area contributed by atoms with Crippen LogP contribution in [0.3, 0.4) is 0 Å². The molecule has 0 spiro atoms. The van der Waals surface area contributed by atoms with E-state index >= 15 is 0 Å². The number of Topliss-reactive ketones (excluding diaryl/α,β-unsaturated/α-hetero) is 1. The van der Waals surface area contributed by atoms with Crippen LogP contribution >= 0.6 is 0 Å². The Balaban J connectivity index is 2.07. The fourth-order valence-electron chi connectivity index (χ4n) is 2.09. The van der Waals surface area contributed by atoms with Crippen LogP contribution in [0.4, 0.5) is 4.79 Å². The molecule has 6 nitrogen and oxygen atoms in total. The van der Waals surface area contributed by atoms with E-state index < -0.39 is 17.7 Å². The van der Waals surface area contributed by atoms with E-state index in [0.29, 0.717) is 19.4 Å². The monoisotopic (exact) mass is 265 g/mol. The topological polar surface area (TPSA) is 75.3 Å². The third-order valence-electron chi connectivity index (χ3n) is 2.94. The number of nitrogens with zero attached hydrogens (tertiary/aromatic N) is 2. The maximum Gasteiger partial charge on any atom is 0.410 e. The number of carbonyl (C=O) groups excluding carboxylic acids is 2. The molecule has 6 heteroatoms. The molecule has 1 amide bonds. The van der Waals surface area contributed by atoms with Crippen molar-refractivity contribution >= 4 is 11.9 Å². The lowest BCUT2D eigenvalue weighted by atomic mass is 10.1. The molecule has 1 atom stereocenters. The van der Waals surface area contributed by atoms with E-state index in [-0.39, 0.29) is 5.78 Å². The summed E-state index contributed by atoms with van der Waals surface area (Å²) in [4.78, 5) is 32.3. The molecule has 19 heavy (non-hydrogen) atoms. The molecule has 2 heterocycles. The number of hydrogen-bond acceptors (Lipinski definition) is 4. The van der Waals surface area contributed by atoms with Crippen molar-refractivity contribution in [1.29, 1.82) is 0 Å². The van der Waals surface area contributed by atoms with Crippen molar-refractivity contribution in [3.63, 3.8) is 0 Å². The molecular formula is C13H19N3O3. The van der Waals surface area contributed by atoms with Gasteiger partial charge in [0.25, 0.3) is 0 Å². The zero-order chi connectivity index (χ0) is 14.0. The SMILES string of the molecule is CC(C)(C)OC(=O)N1CCC(=O)[C@@H]1Cc1cnc[nH]1. The minimum atomic E-state index is -0.554. The normalized spacial score (nSPS) is 19.8. The van der Waals surface area contributed by atoms with E-state index in [9.17, 15) is 9.59 Å². The molecular weight excluding hydrogens is 246 g/mol. The van der Waals surface area contributed by atoms with Crippen LogP contribution in [-0.2, 0) is 16.0 Å². The Morgan fingerprint density at radius 1 is 1.58 bits per heavy atom. The molecule has 0 unspecified atom stereocenters. The average molecular weight is 265 g/mol. The number of H-pyrrole nitrogens is 1. The van der Waals surface area contributed by atoms with Crippen molar-refractivity contribution in [3.05, 3.63) is 18.2 Å². The highest BCUT2D eigenvalue weighted by atomic mass is 16.6. The van der Waals surface area contributed by atoms with Gasteiger partial charge >= 0.3 is 6.09 Å². The second kappa shape index (κ2) is 5.03. The van der Waals surface area contributed by atoms with E-state index in [1.165, 1.54) is 4.90 Å². The van der Waals surface area contributed by atoms with Crippen molar-refractivity contribution in [2.75, 3.05) is 6.54 Å². The Kier molecular flexibility index (Phi) is 3.59. The van der Waals surface area contributed by atoms with Crippen LogP contribution in [0.5, 0.6) is 0 Å². The van der Waals surface area contributed by atoms with E-state index in [1.807, 2.05) is 20.8 Å². The van der Waals surface area contributed by atoms with Crippen LogP contribution in [0.1, 0.15) is 32.9 Å². The van der Waals surface area contributed by atoms with E-state index in [4.69, 9.17) is 4.74 Å². The summed E-state index contributed by atoms with van der Waals surface area (Å²) in [7, 11) is 0. The van der Waals surface area contributed by atoms with Gasteiger partial charge in [-0.2, -0.15) is 0 Å². The number of carbonyl (C=O) groups is 2. The number of ether oxygens (including phenoxy) is 1. The number of hydrogen-bond donors (Lipinski definition) is 1. The smallest absolute Gasteiger partial charge is 0.410 e. The molecule has 1 aliphatic rings. The summed E-state index contributed by atoms with van der Waals surface area (Å²) < 4.78 is 5.33. The minimum Gasteiger partial charge on any atom is -0.444 e. The van der Waals surface area contributed by atoms with Gasteiger partial charge in [-0.1, -0.05) is 0 Å². The van der Waals surface area contributed by atoms with E-state index in [2.05, 4.69) is 9.97 Å². The predicted octanol–water partition coefficient (Wildman–Crippen LogP) is 1.53. The van der Waals surface area contributed by atoms with Crippen molar-refractivity contribution in [2.45, 2.75) is 45.3 Å². The first-order chi connectivity index (χ1) is 8.87. The molecule has 104 valence electrons. The molecule has 1 aromatic rings. The lowest BCUT2D eigenvalue weighted by Gasteiger charge is -2.27. The summed E-state index contributed by atoms with van der Waals surface area (Å²) in [6.07, 6.45) is 3.64. The number of likely N-dealkylation sites (tertiary alicyclic amines) is 1. The molecule has 1 fully saturated rings. The Hall–Kier alpha value is -1.85. The Morgan fingerprint density at radius 2 is 2.32 bits per heavy atom. The quantitative estimate of drug-likeness (QED) is 0.880. The first-order valence-corrected chi connectivity index (χ1v) is 6.36. The fourth-order valence-corrected chi connectivity index (χ4v) is 2.09. The first-order valence-electron chi connectivity index (χ1n) is 6.36. The predicted molar refractivity (Wildman–Crippen MR) is 68.6 cm³/mol. The van der Waals surface area contributed by atoms with Gasteiger partial charge in [0.15, 0.2) is 5.78 Å². The largest absolute Gasteiger partial charge is 0.444 e. The molecule has 1 aliphatic heterocycles. The number of aromatic amines is 1. The maximum absolute atomic E-state index is 12.1. The molecule has 0 bridgehead atoms. The highest BCUT2D eigenvalue weighted by Gasteiger charge is 2.38. The van der Waals surface area contributed by atoms with Gasteiger partial charge in [-0.15, -0.1) is 0 Å². The standard InChI is InChI=1S/C13H19N3O3/c1-13(2,3)19-12(18)16-5-4-11(17)10(16)6-9-7-14-8-15-9/h7-8,10H,4-6H2,1-3H3,(H,14,15)/t10-/m0/s1. The number of rotatable bonds is 2. The summed E-state index contributed by atoms with van der Waals surface area (Å²) in [6.45, 7) is 5.86. The molecule has 2 rings (SSSR count). The molecule has 0 saturated carbocycles. The van der Waals surface area contributed by atoms with Crippen LogP contribution in [0.25, 0.3) is 0 Å². The van der Waals surface area contributed by atoms with Gasteiger partial charge in [-0.3, -0.25) is 9.69 Å². The Morgan fingerprint density at radius 3 is 2.89 bits per heavy atom. The van der Waals surface area contributed by atoms with Gasteiger partial charge < -0.3 is 9.72 Å². The van der Waals surface area contributed by atoms with E-state index in [1.54, 1.807) is 12.5 Å². The highest BCUT2D eigenvalue weighted by molar-refractivity contribution is 5.90. The van der Waals surface area contributed by atoms with Crippen LogP contribution in [-0.4, -0.2) is 44.9 Å². The van der Waals surface area contributed by atoms with Crippen LogP contribution in [0, 0.1) is 0 Å². The molecule has 0 radical (unpaired) electrons. The summed E-state index contributed by atoms with van der Waals surface area (Å²) in [5.41, 5.74) is 0.287. The minimum absolute atomic E-state index is 0.0699. The third kappa shape index (κ3) is 3.33. The van der Waals surface area contributed by atoms with Crippen molar-refractivity contribution in [1.82, 2.24) is 14.9 Å². The number of aromatic nitrogens is 2.